The zero-order valence-corrected chi connectivity index (χ0v) is 58.7. The lowest BCUT2D eigenvalue weighted by atomic mass is 10.1. The second kappa shape index (κ2) is 65.1. The number of ether oxygens (including phenoxy) is 4. The third-order valence-electron chi connectivity index (χ3n) is 13.9. The number of aliphatic hydroxyl groups is 1. The highest BCUT2D eigenvalue weighted by Crippen LogP contribution is 2.45. The van der Waals surface area contributed by atoms with Crippen molar-refractivity contribution >= 4 is 39.5 Å². The van der Waals surface area contributed by atoms with Crippen LogP contribution < -0.4 is 0 Å². The SMILES string of the molecule is CC/C=C\C/C=C\C/C=C\C/C=C\CCCCC(=O)OCC(COP(=O)(O)OCC(O)COP(=O)(O)OCC(COC(=O)CCCCCCC/C=C\CCCC)OC(=O)CCCCCCC/C=C\CCCC)OC(=O)CCCC/C=C\C/C=C\C/C=C\C/C=C\CC. The quantitative estimate of drug-likeness (QED) is 0.0169. The number of allylic oxidation sites excluding steroid dienone is 20. The third-order valence-corrected chi connectivity index (χ3v) is 15.8. The van der Waals surface area contributed by atoms with Crippen molar-refractivity contribution in [1.82, 2.24) is 0 Å². The summed E-state index contributed by atoms with van der Waals surface area (Å²) in [6.07, 6.45) is 68.1. The Morgan fingerprint density at radius 1 is 0.315 bits per heavy atom. The van der Waals surface area contributed by atoms with Gasteiger partial charge in [-0.3, -0.25) is 37.3 Å². The van der Waals surface area contributed by atoms with Crippen LogP contribution in [-0.4, -0.2) is 96.7 Å². The second-order valence-electron chi connectivity index (χ2n) is 22.7. The summed E-state index contributed by atoms with van der Waals surface area (Å²) in [6.45, 7) is 4.41. The van der Waals surface area contributed by atoms with Gasteiger partial charge >= 0.3 is 39.5 Å². The molecular formula is C73H122O17P2. The van der Waals surface area contributed by atoms with E-state index in [0.717, 1.165) is 148 Å². The lowest BCUT2D eigenvalue weighted by Gasteiger charge is -2.21. The van der Waals surface area contributed by atoms with Crippen molar-refractivity contribution in [3.8, 4) is 0 Å². The van der Waals surface area contributed by atoms with Crippen molar-refractivity contribution in [1.29, 1.82) is 0 Å². The predicted octanol–water partition coefficient (Wildman–Crippen LogP) is 19.2. The van der Waals surface area contributed by atoms with Crippen LogP contribution in [-0.2, 0) is 65.4 Å². The van der Waals surface area contributed by atoms with Gasteiger partial charge in [0, 0.05) is 25.7 Å². The fourth-order valence-corrected chi connectivity index (χ4v) is 10.2. The van der Waals surface area contributed by atoms with Crippen LogP contribution in [0, 0.1) is 0 Å². The minimum atomic E-state index is -4.99. The Balaban J connectivity index is 5.41. The topological polar surface area (TPSA) is 237 Å². The minimum absolute atomic E-state index is 0.0304. The predicted molar refractivity (Wildman–Crippen MR) is 371 cm³/mol. The van der Waals surface area contributed by atoms with Crippen LogP contribution in [0.15, 0.2) is 122 Å². The Labute approximate surface area is 555 Å². The summed E-state index contributed by atoms with van der Waals surface area (Å²) < 4.78 is 68.1. The zero-order chi connectivity index (χ0) is 67.5. The number of phosphoric ester groups is 2. The zero-order valence-electron chi connectivity index (χ0n) is 56.9. The molecular weight excluding hydrogens is 1210 g/mol. The molecule has 0 bridgehead atoms. The van der Waals surface area contributed by atoms with Gasteiger partial charge < -0.3 is 33.8 Å². The molecule has 0 fully saturated rings. The molecule has 0 aliphatic rings. The molecule has 17 nitrogen and oxygen atoms in total. The van der Waals surface area contributed by atoms with Gasteiger partial charge in [0.2, 0.25) is 0 Å². The Bertz CT molecular complexity index is 2230. The van der Waals surface area contributed by atoms with E-state index < -0.39 is 97.5 Å². The molecule has 5 atom stereocenters. The Hall–Kier alpha value is -4.54. The summed E-state index contributed by atoms with van der Waals surface area (Å²) in [5.74, 6) is -2.30. The molecule has 0 saturated heterocycles. The van der Waals surface area contributed by atoms with Crippen LogP contribution in [0.4, 0.5) is 0 Å². The van der Waals surface area contributed by atoms with E-state index in [2.05, 4.69) is 149 Å². The molecule has 0 aliphatic carbocycles. The Kier molecular flexibility index (Phi) is 61.9. The first-order chi connectivity index (χ1) is 44.7. The standard InChI is InChI=1S/C73H122O17P2/c1-5-9-13-17-21-25-29-31-33-35-39-42-46-50-54-58-71(76)84-64-69(90-73(78)60-56-52-48-44-40-36-34-32-30-26-22-18-14-10-6-2)66-88-92(81,82)86-62-67(74)61-85-91(79,80)87-65-68(89-72(77)59-55-51-47-43-38-28-24-20-16-12-8-4)63-83-70(75)57-53-49-45-41-37-27-23-19-15-11-7-3/h9-10,13-14,19-26,31-34,39-40,42,44,67-69,74H,5-8,11-12,15-18,27-30,35-38,41,43,45-66H2,1-4H3,(H,79,80)(H,81,82)/b13-9-,14-10-,23-19-,24-20-,25-21-,26-22-,33-31-,34-32-,42-39-,44-40-. The van der Waals surface area contributed by atoms with Crippen LogP contribution in [0.2, 0.25) is 0 Å². The van der Waals surface area contributed by atoms with Crippen LogP contribution in [0.25, 0.3) is 0 Å². The van der Waals surface area contributed by atoms with Crippen molar-refractivity contribution in [2.45, 2.75) is 277 Å². The Morgan fingerprint density at radius 2 is 0.565 bits per heavy atom. The molecule has 0 rings (SSSR count). The van der Waals surface area contributed by atoms with E-state index in [1.54, 1.807) is 0 Å². The molecule has 0 aromatic carbocycles. The van der Waals surface area contributed by atoms with Gasteiger partial charge in [0.25, 0.3) is 0 Å². The van der Waals surface area contributed by atoms with Gasteiger partial charge in [-0.05, 0) is 141 Å². The molecule has 19 heteroatoms. The third kappa shape index (κ3) is 64.2. The highest BCUT2D eigenvalue weighted by atomic mass is 31.2. The van der Waals surface area contributed by atoms with Gasteiger partial charge in [-0.15, -0.1) is 0 Å². The van der Waals surface area contributed by atoms with Crippen LogP contribution >= 0.6 is 15.6 Å². The van der Waals surface area contributed by atoms with Gasteiger partial charge in [0.15, 0.2) is 12.2 Å². The number of carbonyl (C=O) groups excluding carboxylic acids is 4. The largest absolute Gasteiger partial charge is 0.472 e. The number of phosphoric acid groups is 2. The number of aliphatic hydroxyl groups excluding tert-OH is 1. The monoisotopic (exact) mass is 1330 g/mol. The Morgan fingerprint density at radius 3 is 0.902 bits per heavy atom. The fraction of sp³-hybridized carbons (Fsp3) is 0.671. The van der Waals surface area contributed by atoms with Crippen molar-refractivity contribution in [2.75, 3.05) is 39.6 Å². The van der Waals surface area contributed by atoms with Crippen molar-refractivity contribution in [3.05, 3.63) is 122 Å². The molecule has 3 N–H and O–H groups in total. The molecule has 0 spiro atoms. The number of unbranched alkanes of at least 4 members (excludes halogenated alkanes) is 18. The smallest absolute Gasteiger partial charge is 0.462 e. The molecule has 92 heavy (non-hydrogen) atoms. The maximum atomic E-state index is 13.0. The lowest BCUT2D eigenvalue weighted by Crippen LogP contribution is -2.30. The number of hydrogen-bond donors (Lipinski definition) is 3. The molecule has 0 radical (unpaired) electrons. The molecule has 0 amide bonds. The van der Waals surface area contributed by atoms with Crippen LogP contribution in [0.3, 0.4) is 0 Å². The highest BCUT2D eigenvalue weighted by Gasteiger charge is 2.30. The summed E-state index contributed by atoms with van der Waals surface area (Å²) in [7, 11) is -9.97. The molecule has 526 valence electrons. The van der Waals surface area contributed by atoms with Crippen molar-refractivity contribution < 1.29 is 80.2 Å². The van der Waals surface area contributed by atoms with Crippen LogP contribution in [0.1, 0.15) is 259 Å². The summed E-state index contributed by atoms with van der Waals surface area (Å²) in [4.78, 5) is 72.5. The summed E-state index contributed by atoms with van der Waals surface area (Å²) >= 11 is 0. The first kappa shape index (κ1) is 87.5. The van der Waals surface area contributed by atoms with E-state index in [4.69, 9.17) is 37.0 Å². The van der Waals surface area contributed by atoms with Gasteiger partial charge in [-0.25, -0.2) is 9.13 Å². The molecule has 0 saturated carbocycles. The average Bonchev–Trinajstić information content (AvgIpc) is 2.93. The molecule has 0 aromatic rings. The normalized spacial score (nSPS) is 14.8. The van der Waals surface area contributed by atoms with Crippen LogP contribution in [0.5, 0.6) is 0 Å². The molecule has 0 aromatic heterocycles. The van der Waals surface area contributed by atoms with E-state index in [1.165, 1.54) is 25.7 Å². The van der Waals surface area contributed by atoms with Gasteiger partial charge in [-0.1, -0.05) is 213 Å². The van der Waals surface area contributed by atoms with Gasteiger partial charge in [0.05, 0.1) is 26.4 Å². The minimum Gasteiger partial charge on any atom is -0.462 e. The fourth-order valence-electron chi connectivity index (χ4n) is 8.57. The van der Waals surface area contributed by atoms with Gasteiger partial charge in [0.1, 0.15) is 19.3 Å². The molecule has 5 unspecified atom stereocenters. The van der Waals surface area contributed by atoms with E-state index in [0.29, 0.717) is 32.1 Å². The highest BCUT2D eigenvalue weighted by molar-refractivity contribution is 7.47. The first-order valence-corrected chi connectivity index (χ1v) is 37.8. The van der Waals surface area contributed by atoms with Gasteiger partial charge in [-0.2, -0.15) is 0 Å². The lowest BCUT2D eigenvalue weighted by molar-refractivity contribution is -0.161. The molecule has 0 heterocycles. The van der Waals surface area contributed by atoms with Crippen molar-refractivity contribution in [2.24, 2.45) is 0 Å². The average molecular weight is 1330 g/mol. The maximum absolute atomic E-state index is 13.0. The van der Waals surface area contributed by atoms with Crippen molar-refractivity contribution in [3.63, 3.8) is 0 Å². The number of carbonyl (C=O) groups is 4. The maximum Gasteiger partial charge on any atom is 0.472 e. The molecule has 0 aliphatic heterocycles. The summed E-state index contributed by atoms with van der Waals surface area (Å²) in [6, 6.07) is 0. The second-order valence-corrected chi connectivity index (χ2v) is 25.6. The first-order valence-electron chi connectivity index (χ1n) is 34.8. The van der Waals surface area contributed by atoms with E-state index in [9.17, 15) is 43.2 Å². The van der Waals surface area contributed by atoms with E-state index in [-0.39, 0.29) is 25.7 Å². The summed E-state index contributed by atoms with van der Waals surface area (Å²) in [5, 5.41) is 10.6. The summed E-state index contributed by atoms with van der Waals surface area (Å²) in [5.41, 5.74) is 0. The number of hydrogen-bond acceptors (Lipinski definition) is 15. The number of rotatable bonds is 64. The number of esters is 4. The van der Waals surface area contributed by atoms with E-state index >= 15 is 0 Å². The van der Waals surface area contributed by atoms with E-state index in [1.807, 2.05) is 0 Å².